The summed E-state index contributed by atoms with van der Waals surface area (Å²) in [6.45, 7) is 3.46. The summed E-state index contributed by atoms with van der Waals surface area (Å²) in [5.41, 5.74) is 2.32. The molecule has 4 atom stereocenters. The number of hydrogen-bond donors (Lipinski definition) is 2. The van der Waals surface area contributed by atoms with Gasteiger partial charge in [-0.25, -0.2) is 4.79 Å². The minimum absolute atomic E-state index is 0.0459. The summed E-state index contributed by atoms with van der Waals surface area (Å²) in [5, 5.41) is 27.6. The second-order valence-corrected chi connectivity index (χ2v) is 6.36. The molecule has 2 aliphatic heterocycles. The molecule has 2 aliphatic rings. The van der Waals surface area contributed by atoms with Crippen LogP contribution in [0.4, 0.5) is 0 Å². The average molecular weight is 309 g/mol. The number of aliphatic carboxylic acids is 1. The van der Waals surface area contributed by atoms with Gasteiger partial charge in [0.25, 0.3) is 0 Å². The van der Waals surface area contributed by atoms with Crippen molar-refractivity contribution in [3.63, 3.8) is 0 Å². The monoisotopic (exact) mass is 309 g/mol. The van der Waals surface area contributed by atoms with Gasteiger partial charge in [-0.3, -0.25) is 4.79 Å². The Balaban J connectivity index is 1.97. The van der Waals surface area contributed by atoms with Gasteiger partial charge in [0.15, 0.2) is 0 Å². The number of aliphatic hydroxyl groups is 1. The van der Waals surface area contributed by atoms with Crippen molar-refractivity contribution in [2.24, 2.45) is 11.8 Å². The van der Waals surface area contributed by atoms with Crippen LogP contribution in [0, 0.1) is 11.8 Å². The van der Waals surface area contributed by atoms with Crippen molar-refractivity contribution >= 4 is 23.2 Å². The second-order valence-electron chi connectivity index (χ2n) is 5.44. The minimum atomic E-state index is -1.11. The van der Waals surface area contributed by atoms with Crippen LogP contribution in [-0.2, 0) is 16.0 Å². The molecule has 1 saturated heterocycles. The van der Waals surface area contributed by atoms with Crippen molar-refractivity contribution in [3.8, 4) is 0 Å². The second kappa shape index (κ2) is 4.88. The Hall–Kier alpha value is -1.80. The van der Waals surface area contributed by atoms with Gasteiger partial charge in [-0.05, 0) is 12.5 Å². The first-order valence-corrected chi connectivity index (χ1v) is 7.54. The smallest absolute Gasteiger partial charge is 0.352 e. The van der Waals surface area contributed by atoms with E-state index in [0.717, 1.165) is 5.01 Å². The van der Waals surface area contributed by atoms with Gasteiger partial charge in [-0.1, -0.05) is 6.92 Å². The molecule has 7 nitrogen and oxygen atoms in total. The van der Waals surface area contributed by atoms with E-state index in [1.165, 1.54) is 16.2 Å². The fourth-order valence-electron chi connectivity index (χ4n) is 3.32. The zero-order valence-electron chi connectivity index (χ0n) is 11.6. The maximum Gasteiger partial charge on any atom is 0.352 e. The van der Waals surface area contributed by atoms with Gasteiger partial charge in [0.1, 0.15) is 16.2 Å². The fourth-order valence-corrected chi connectivity index (χ4v) is 3.86. The van der Waals surface area contributed by atoms with Crippen LogP contribution in [0.1, 0.15) is 18.9 Å². The predicted molar refractivity (Wildman–Crippen MR) is 73.2 cm³/mol. The molecule has 1 amide bonds. The van der Waals surface area contributed by atoms with Crippen molar-refractivity contribution in [1.29, 1.82) is 0 Å². The maximum atomic E-state index is 12.1. The Morgan fingerprint density at radius 2 is 2.29 bits per heavy atom. The number of carboxylic acid groups (broad SMARTS) is 1. The van der Waals surface area contributed by atoms with Crippen molar-refractivity contribution in [3.05, 3.63) is 21.8 Å². The van der Waals surface area contributed by atoms with Crippen molar-refractivity contribution in [1.82, 2.24) is 15.1 Å². The highest BCUT2D eigenvalue weighted by atomic mass is 32.1. The molecule has 1 fully saturated rings. The molecule has 112 valence electrons. The molecule has 0 aromatic carbocycles. The summed E-state index contributed by atoms with van der Waals surface area (Å²) < 4.78 is 0. The molecule has 0 saturated carbocycles. The summed E-state index contributed by atoms with van der Waals surface area (Å²) >= 11 is 1.35. The first kappa shape index (κ1) is 14.2. The van der Waals surface area contributed by atoms with Gasteiger partial charge in [0.2, 0.25) is 5.91 Å². The number of amides is 1. The molecule has 0 radical (unpaired) electrons. The largest absolute Gasteiger partial charge is 0.477 e. The maximum absolute atomic E-state index is 12.1. The van der Waals surface area contributed by atoms with Crippen molar-refractivity contribution < 1.29 is 19.8 Å². The fraction of sp³-hybridized carbons (Fsp3) is 0.538. The Morgan fingerprint density at radius 3 is 2.81 bits per heavy atom. The number of β-lactam (4-membered cyclic amide) rings is 1. The summed E-state index contributed by atoms with van der Waals surface area (Å²) in [5.74, 6) is -2.06. The first-order chi connectivity index (χ1) is 9.93. The highest BCUT2D eigenvalue weighted by Gasteiger charge is 2.59. The highest BCUT2D eigenvalue weighted by Crippen LogP contribution is 2.47. The Kier molecular flexibility index (Phi) is 3.29. The van der Waals surface area contributed by atoms with Crippen molar-refractivity contribution in [2.45, 2.75) is 32.4 Å². The molecule has 3 heterocycles. The number of aliphatic hydroxyl groups excluding tert-OH is 1. The van der Waals surface area contributed by atoms with E-state index in [0.29, 0.717) is 12.0 Å². The van der Waals surface area contributed by atoms with Gasteiger partial charge in [0, 0.05) is 12.3 Å². The Labute approximate surface area is 124 Å². The average Bonchev–Trinajstić information content (AvgIpc) is 2.97. The van der Waals surface area contributed by atoms with E-state index < -0.39 is 18.0 Å². The number of rotatable bonds is 4. The number of hydrogen-bond acceptors (Lipinski definition) is 6. The van der Waals surface area contributed by atoms with E-state index >= 15 is 0 Å². The predicted octanol–water partition coefficient (Wildman–Crippen LogP) is 0.277. The summed E-state index contributed by atoms with van der Waals surface area (Å²) in [4.78, 5) is 25.0. The van der Waals surface area contributed by atoms with Crippen LogP contribution in [0.25, 0.3) is 0 Å². The molecule has 1 aromatic rings. The van der Waals surface area contributed by atoms with Crippen LogP contribution in [0.15, 0.2) is 16.8 Å². The first-order valence-electron chi connectivity index (χ1n) is 6.66. The van der Waals surface area contributed by atoms with E-state index in [4.69, 9.17) is 0 Å². The van der Waals surface area contributed by atoms with Crippen LogP contribution in [0.2, 0.25) is 0 Å². The highest BCUT2D eigenvalue weighted by molar-refractivity contribution is 7.09. The molecule has 0 bridgehead atoms. The molecule has 0 aliphatic carbocycles. The lowest BCUT2D eigenvalue weighted by atomic mass is 9.77. The molecule has 2 N–H and O–H groups in total. The van der Waals surface area contributed by atoms with Gasteiger partial charge in [-0.15, -0.1) is 21.5 Å². The zero-order chi connectivity index (χ0) is 15.3. The quantitative estimate of drug-likeness (QED) is 0.774. The number of nitrogens with zero attached hydrogens (tertiary/aromatic N) is 3. The normalized spacial score (nSPS) is 29.4. The lowest BCUT2D eigenvalue weighted by Crippen LogP contribution is -2.63. The van der Waals surface area contributed by atoms with E-state index in [9.17, 15) is 19.8 Å². The lowest BCUT2D eigenvalue weighted by molar-refractivity contribution is -0.163. The van der Waals surface area contributed by atoms with Crippen LogP contribution >= 0.6 is 11.3 Å². The van der Waals surface area contributed by atoms with E-state index in [1.54, 1.807) is 12.4 Å². The Morgan fingerprint density at radius 1 is 1.57 bits per heavy atom. The summed E-state index contributed by atoms with van der Waals surface area (Å²) in [6, 6.07) is -0.272. The number of carboxylic acids is 1. The number of carbonyl (C=O) groups is 2. The molecule has 1 aromatic heterocycles. The van der Waals surface area contributed by atoms with E-state index in [1.807, 2.05) is 6.92 Å². The standard InChI is InChI=1S/C13H15N3O4S/c1-5-7(3-8-15-14-4-21-8)11(13(19)20)16-10(5)9(6(2)17)12(16)18/h4-6,9-10,17H,3H2,1-2H3,(H,19,20)/t5-,6+,9+,10+/m0/s1. The number of fused-ring (bicyclic) bond motifs is 1. The van der Waals surface area contributed by atoms with Crippen LogP contribution in [0.5, 0.6) is 0 Å². The SMILES string of the molecule is C[C@@H](O)[C@H]1C(=O)N2C(C(=O)O)=C(Cc3nncs3)[C@H](C)[C@H]12. The summed E-state index contributed by atoms with van der Waals surface area (Å²) in [6.07, 6.45) is -0.405. The molecule has 0 spiro atoms. The molecule has 0 unspecified atom stereocenters. The molecule has 8 heteroatoms. The number of aromatic nitrogens is 2. The topological polar surface area (TPSA) is 104 Å². The van der Waals surface area contributed by atoms with E-state index in [-0.39, 0.29) is 23.6 Å². The third-order valence-corrected chi connectivity index (χ3v) is 4.96. The lowest BCUT2D eigenvalue weighted by Gasteiger charge is -2.46. The molecular formula is C13H15N3O4S. The van der Waals surface area contributed by atoms with Gasteiger partial charge < -0.3 is 15.1 Å². The zero-order valence-corrected chi connectivity index (χ0v) is 12.4. The van der Waals surface area contributed by atoms with Crippen LogP contribution < -0.4 is 0 Å². The van der Waals surface area contributed by atoms with Crippen molar-refractivity contribution in [2.75, 3.05) is 0 Å². The number of carbonyl (C=O) groups excluding carboxylic acids is 1. The van der Waals surface area contributed by atoms with Crippen LogP contribution in [-0.4, -0.2) is 49.3 Å². The third kappa shape index (κ3) is 1.97. The third-order valence-electron chi connectivity index (χ3n) is 4.26. The minimum Gasteiger partial charge on any atom is -0.477 e. The Bertz CT molecular complexity index is 625. The summed E-state index contributed by atoms with van der Waals surface area (Å²) in [7, 11) is 0. The van der Waals surface area contributed by atoms with Crippen LogP contribution in [0.3, 0.4) is 0 Å². The molecular weight excluding hydrogens is 294 g/mol. The molecule has 3 rings (SSSR count). The van der Waals surface area contributed by atoms with Gasteiger partial charge >= 0.3 is 5.97 Å². The van der Waals surface area contributed by atoms with Gasteiger partial charge in [0.05, 0.1) is 18.1 Å². The molecule has 21 heavy (non-hydrogen) atoms. The van der Waals surface area contributed by atoms with Gasteiger partial charge in [-0.2, -0.15) is 0 Å². The van der Waals surface area contributed by atoms with E-state index in [2.05, 4.69) is 10.2 Å².